The van der Waals surface area contributed by atoms with Crippen molar-refractivity contribution in [1.29, 1.82) is 0 Å². The Hall–Kier alpha value is -2.18. The summed E-state index contributed by atoms with van der Waals surface area (Å²) in [4.78, 5) is 3.64. The van der Waals surface area contributed by atoms with E-state index in [0.29, 0.717) is 13.2 Å². The van der Waals surface area contributed by atoms with Gasteiger partial charge < -0.3 is 15.2 Å². The molecule has 0 bridgehead atoms. The van der Waals surface area contributed by atoms with Gasteiger partial charge in [-0.2, -0.15) is 0 Å². The number of nitrogens with one attached hydrogen (secondary N) is 1. The van der Waals surface area contributed by atoms with Crippen molar-refractivity contribution < 1.29 is 9.84 Å². The summed E-state index contributed by atoms with van der Waals surface area (Å²) in [5, 5.41) is 16.0. The van der Waals surface area contributed by atoms with Crippen molar-refractivity contribution >= 4 is 11.3 Å². The topological polar surface area (TPSA) is 44.7 Å². The van der Waals surface area contributed by atoms with E-state index in [-0.39, 0.29) is 0 Å². The van der Waals surface area contributed by atoms with Gasteiger partial charge in [0, 0.05) is 37.6 Å². The van der Waals surface area contributed by atoms with Gasteiger partial charge in [0.2, 0.25) is 0 Å². The smallest absolute Gasteiger partial charge is 0.119 e. The Morgan fingerprint density at radius 3 is 2.79 bits per heavy atom. The molecule has 1 unspecified atom stereocenters. The summed E-state index contributed by atoms with van der Waals surface area (Å²) in [5.74, 6) is 0.809. The minimum absolute atomic E-state index is 0.310. The van der Waals surface area contributed by atoms with Crippen LogP contribution in [0.5, 0.6) is 5.75 Å². The summed E-state index contributed by atoms with van der Waals surface area (Å²) in [6.45, 7) is 4.50. The second-order valence-corrected chi connectivity index (χ2v) is 8.58. The number of thiophene rings is 1. The van der Waals surface area contributed by atoms with Gasteiger partial charge >= 0.3 is 0 Å². The monoisotopic (exact) mass is 408 g/mol. The third kappa shape index (κ3) is 5.90. The molecule has 29 heavy (non-hydrogen) atoms. The standard InChI is InChI=1S/C24H28N2O2S/c27-22(17-26-11-10-20-6-1-2-7-21(20)16-26)18-28-23-8-3-5-19(13-23)14-25-15-24-9-4-12-29-24/h1-9,12-13,22,25,27H,10-11,14-18H2. The minimum atomic E-state index is -0.499. The van der Waals surface area contributed by atoms with Crippen molar-refractivity contribution in [3.63, 3.8) is 0 Å². The van der Waals surface area contributed by atoms with E-state index < -0.39 is 6.10 Å². The molecule has 0 fully saturated rings. The van der Waals surface area contributed by atoms with Gasteiger partial charge in [-0.05, 0) is 46.7 Å². The molecule has 2 heterocycles. The van der Waals surface area contributed by atoms with Crippen LogP contribution in [0.25, 0.3) is 0 Å². The number of aliphatic hydroxyl groups excluding tert-OH is 1. The molecule has 1 aromatic heterocycles. The van der Waals surface area contributed by atoms with Crippen LogP contribution < -0.4 is 10.1 Å². The number of hydrogen-bond acceptors (Lipinski definition) is 5. The summed E-state index contributed by atoms with van der Waals surface area (Å²) in [6, 6.07) is 20.9. The third-order valence-electron chi connectivity index (χ3n) is 5.23. The van der Waals surface area contributed by atoms with Crippen molar-refractivity contribution in [2.45, 2.75) is 32.2 Å². The summed E-state index contributed by atoms with van der Waals surface area (Å²) in [6.07, 6.45) is 0.547. The fourth-order valence-corrected chi connectivity index (χ4v) is 4.42. The van der Waals surface area contributed by atoms with Crippen molar-refractivity contribution in [3.8, 4) is 5.75 Å². The van der Waals surface area contributed by atoms with E-state index in [4.69, 9.17) is 4.74 Å². The second kappa shape index (κ2) is 10.0. The maximum absolute atomic E-state index is 10.4. The van der Waals surface area contributed by atoms with E-state index in [1.54, 1.807) is 11.3 Å². The lowest BCUT2D eigenvalue weighted by Gasteiger charge is -2.30. The number of ether oxygens (including phenoxy) is 1. The molecule has 0 aliphatic carbocycles. The molecule has 2 N–H and O–H groups in total. The molecule has 4 rings (SSSR count). The Kier molecular flexibility index (Phi) is 6.96. The van der Waals surface area contributed by atoms with Crippen LogP contribution in [-0.4, -0.2) is 35.8 Å². The molecular formula is C24H28N2O2S. The zero-order valence-electron chi connectivity index (χ0n) is 16.6. The summed E-state index contributed by atoms with van der Waals surface area (Å²) < 4.78 is 5.87. The first-order chi connectivity index (χ1) is 14.3. The molecule has 4 nitrogen and oxygen atoms in total. The number of fused-ring (bicyclic) bond motifs is 1. The largest absolute Gasteiger partial charge is 0.491 e. The molecule has 0 saturated heterocycles. The van der Waals surface area contributed by atoms with Crippen LogP contribution in [0.15, 0.2) is 66.0 Å². The number of rotatable bonds is 9. The van der Waals surface area contributed by atoms with Crippen LogP contribution in [0.4, 0.5) is 0 Å². The SMILES string of the molecule is OC(COc1cccc(CNCc2cccs2)c1)CN1CCc2ccccc2C1. The molecule has 5 heteroatoms. The Morgan fingerprint density at radius 2 is 1.93 bits per heavy atom. The zero-order chi connectivity index (χ0) is 19.9. The first-order valence-corrected chi connectivity index (χ1v) is 11.1. The quantitative estimate of drug-likeness (QED) is 0.565. The lowest BCUT2D eigenvalue weighted by molar-refractivity contribution is 0.0637. The van der Waals surface area contributed by atoms with Crippen LogP contribution in [0.2, 0.25) is 0 Å². The van der Waals surface area contributed by atoms with Gasteiger partial charge in [0.1, 0.15) is 18.5 Å². The average molecular weight is 409 g/mol. The van der Waals surface area contributed by atoms with Crippen LogP contribution >= 0.6 is 11.3 Å². The zero-order valence-corrected chi connectivity index (χ0v) is 17.4. The molecule has 0 amide bonds. The first-order valence-electron chi connectivity index (χ1n) is 10.2. The molecular weight excluding hydrogens is 380 g/mol. The predicted molar refractivity (Wildman–Crippen MR) is 118 cm³/mol. The van der Waals surface area contributed by atoms with E-state index in [1.165, 1.54) is 21.6 Å². The predicted octanol–water partition coefficient (Wildman–Crippen LogP) is 3.84. The summed E-state index contributed by atoms with van der Waals surface area (Å²) in [5.41, 5.74) is 3.98. The fourth-order valence-electron chi connectivity index (χ4n) is 3.74. The fraction of sp³-hybridized carbons (Fsp3) is 0.333. The summed E-state index contributed by atoms with van der Waals surface area (Å²) >= 11 is 1.76. The van der Waals surface area contributed by atoms with Crippen molar-refractivity contribution in [3.05, 3.63) is 87.6 Å². The maximum atomic E-state index is 10.4. The van der Waals surface area contributed by atoms with Crippen LogP contribution in [0.3, 0.4) is 0 Å². The van der Waals surface area contributed by atoms with E-state index >= 15 is 0 Å². The number of aliphatic hydroxyl groups is 1. The number of hydrogen-bond donors (Lipinski definition) is 2. The lowest BCUT2D eigenvalue weighted by atomic mass is 10.00. The lowest BCUT2D eigenvalue weighted by Crippen LogP contribution is -2.38. The molecule has 1 atom stereocenters. The molecule has 2 aromatic carbocycles. The molecule has 0 saturated carbocycles. The second-order valence-electron chi connectivity index (χ2n) is 7.55. The van der Waals surface area contributed by atoms with Gasteiger partial charge in [0.25, 0.3) is 0 Å². The molecule has 1 aliphatic rings. The highest BCUT2D eigenvalue weighted by molar-refractivity contribution is 7.09. The van der Waals surface area contributed by atoms with Crippen LogP contribution in [-0.2, 0) is 26.1 Å². The maximum Gasteiger partial charge on any atom is 0.119 e. The molecule has 152 valence electrons. The minimum Gasteiger partial charge on any atom is -0.491 e. The van der Waals surface area contributed by atoms with Gasteiger partial charge in [0.15, 0.2) is 0 Å². The van der Waals surface area contributed by atoms with E-state index in [2.05, 4.69) is 58.1 Å². The average Bonchev–Trinajstić information content (AvgIpc) is 3.26. The Balaban J connectivity index is 1.21. The molecule has 1 aliphatic heterocycles. The molecule has 0 radical (unpaired) electrons. The number of β-amino-alcohol motifs (C(OH)–C–C–N with tert-alkyl or cyclic N) is 1. The van der Waals surface area contributed by atoms with Crippen molar-refractivity contribution in [2.24, 2.45) is 0 Å². The summed E-state index contributed by atoms with van der Waals surface area (Å²) in [7, 11) is 0. The van der Waals surface area contributed by atoms with Crippen LogP contribution in [0, 0.1) is 0 Å². The molecule has 0 spiro atoms. The van der Waals surface area contributed by atoms with Gasteiger partial charge in [0.05, 0.1) is 0 Å². The van der Waals surface area contributed by atoms with E-state index in [9.17, 15) is 5.11 Å². The molecule has 3 aromatic rings. The van der Waals surface area contributed by atoms with Gasteiger partial charge in [-0.3, -0.25) is 4.90 Å². The van der Waals surface area contributed by atoms with E-state index in [0.717, 1.165) is 38.3 Å². The van der Waals surface area contributed by atoms with Gasteiger partial charge in [-0.1, -0.05) is 42.5 Å². The van der Waals surface area contributed by atoms with Crippen LogP contribution in [0.1, 0.15) is 21.6 Å². The normalized spacial score (nSPS) is 15.1. The van der Waals surface area contributed by atoms with Gasteiger partial charge in [-0.15, -0.1) is 11.3 Å². The first kappa shape index (κ1) is 20.1. The Labute approximate surface area is 176 Å². The van der Waals surface area contributed by atoms with Crippen molar-refractivity contribution in [1.82, 2.24) is 10.2 Å². The van der Waals surface area contributed by atoms with E-state index in [1.807, 2.05) is 18.2 Å². The van der Waals surface area contributed by atoms with Crippen molar-refractivity contribution in [2.75, 3.05) is 19.7 Å². The number of nitrogens with zero attached hydrogens (tertiary/aromatic N) is 1. The van der Waals surface area contributed by atoms with Gasteiger partial charge in [-0.25, -0.2) is 0 Å². The number of benzene rings is 2. The highest BCUT2D eigenvalue weighted by atomic mass is 32.1. The Morgan fingerprint density at radius 1 is 1.03 bits per heavy atom. The highest BCUT2D eigenvalue weighted by Crippen LogP contribution is 2.19. The Bertz CT molecular complexity index is 897. The highest BCUT2D eigenvalue weighted by Gasteiger charge is 2.18. The third-order valence-corrected chi connectivity index (χ3v) is 6.10.